The lowest BCUT2D eigenvalue weighted by atomic mass is 10.1. The molecule has 0 bridgehead atoms. The second-order valence-electron chi connectivity index (χ2n) is 7.31. The van der Waals surface area contributed by atoms with Crippen LogP contribution in [0, 0.1) is 5.92 Å². The van der Waals surface area contributed by atoms with Crippen molar-refractivity contribution in [1.82, 2.24) is 15.0 Å². The van der Waals surface area contributed by atoms with Gasteiger partial charge in [0, 0.05) is 18.0 Å². The molecule has 11 heteroatoms. The van der Waals surface area contributed by atoms with E-state index in [1.165, 1.54) is 12.1 Å². The van der Waals surface area contributed by atoms with Gasteiger partial charge in [-0.3, -0.25) is 19.4 Å². The monoisotopic (exact) mass is 479 g/mol. The van der Waals surface area contributed by atoms with Crippen molar-refractivity contribution in [3.63, 3.8) is 0 Å². The summed E-state index contributed by atoms with van der Waals surface area (Å²) < 4.78 is 10.7. The summed E-state index contributed by atoms with van der Waals surface area (Å²) in [6.07, 6.45) is 3.25. The number of aliphatic carboxylic acids is 1. The van der Waals surface area contributed by atoms with Gasteiger partial charge in [-0.15, -0.1) is 0 Å². The van der Waals surface area contributed by atoms with Gasteiger partial charge in [0.2, 0.25) is 5.95 Å². The average Bonchev–Trinajstić information content (AvgIpc) is 2.89. The lowest BCUT2D eigenvalue weighted by Crippen LogP contribution is -2.45. The van der Waals surface area contributed by atoms with Gasteiger partial charge in [0.1, 0.15) is 19.0 Å². The van der Waals surface area contributed by atoms with E-state index >= 15 is 0 Å². The van der Waals surface area contributed by atoms with E-state index in [4.69, 9.17) is 15.3 Å². The Morgan fingerprint density at radius 2 is 1.69 bits per heavy atom. The van der Waals surface area contributed by atoms with Crippen molar-refractivity contribution in [3.05, 3.63) is 84.2 Å². The Kier molecular flexibility index (Phi) is 9.08. The van der Waals surface area contributed by atoms with Crippen LogP contribution in [0.2, 0.25) is 0 Å². The number of anilines is 1. The number of hydrogen-bond donors (Lipinski definition) is 3. The van der Waals surface area contributed by atoms with Gasteiger partial charge in [0.15, 0.2) is 5.92 Å². The van der Waals surface area contributed by atoms with Crippen molar-refractivity contribution in [2.75, 3.05) is 25.0 Å². The molecule has 2 aromatic carbocycles. The SMILES string of the molecule is NN(C[C@@H](C(=O)O)C(=O)OCc1ccccc1)C(=O)c1ccc(OCCNc2ncccn2)cc1. The molecule has 11 nitrogen and oxygen atoms in total. The number of rotatable bonds is 12. The number of carboxylic acid groups (broad SMARTS) is 1. The Morgan fingerprint density at radius 3 is 2.34 bits per heavy atom. The van der Waals surface area contributed by atoms with E-state index in [1.54, 1.807) is 60.9 Å². The maximum absolute atomic E-state index is 12.6. The van der Waals surface area contributed by atoms with Crippen LogP contribution in [0.3, 0.4) is 0 Å². The Morgan fingerprint density at radius 1 is 1.00 bits per heavy atom. The van der Waals surface area contributed by atoms with Gasteiger partial charge < -0.3 is 19.9 Å². The van der Waals surface area contributed by atoms with Crippen molar-refractivity contribution in [1.29, 1.82) is 0 Å². The molecular weight excluding hydrogens is 454 g/mol. The molecule has 0 radical (unpaired) electrons. The number of aromatic nitrogens is 2. The van der Waals surface area contributed by atoms with Crippen molar-refractivity contribution in [2.45, 2.75) is 6.61 Å². The summed E-state index contributed by atoms with van der Waals surface area (Å²) >= 11 is 0. The summed E-state index contributed by atoms with van der Waals surface area (Å²) in [5.41, 5.74) is 0.912. The largest absolute Gasteiger partial charge is 0.492 e. The van der Waals surface area contributed by atoms with Gasteiger partial charge in [0.25, 0.3) is 5.91 Å². The fourth-order valence-corrected chi connectivity index (χ4v) is 2.94. The van der Waals surface area contributed by atoms with Crippen LogP contribution in [0.1, 0.15) is 15.9 Å². The van der Waals surface area contributed by atoms with Crippen LogP contribution < -0.4 is 15.9 Å². The molecule has 0 saturated heterocycles. The number of ether oxygens (including phenoxy) is 2. The molecule has 182 valence electrons. The molecular formula is C24H25N5O6. The maximum atomic E-state index is 12.6. The second-order valence-corrected chi connectivity index (χ2v) is 7.31. The molecule has 1 aromatic heterocycles. The number of carboxylic acids is 1. The molecule has 1 amide bonds. The number of hydrogen-bond acceptors (Lipinski definition) is 9. The molecule has 0 fully saturated rings. The fourth-order valence-electron chi connectivity index (χ4n) is 2.94. The smallest absolute Gasteiger partial charge is 0.322 e. The zero-order valence-electron chi connectivity index (χ0n) is 18.7. The Hall–Kier alpha value is -4.51. The Labute approximate surface area is 201 Å². The zero-order chi connectivity index (χ0) is 25.0. The molecule has 4 N–H and O–H groups in total. The Bertz CT molecular complexity index is 1110. The minimum Gasteiger partial charge on any atom is -0.492 e. The predicted molar refractivity (Wildman–Crippen MR) is 125 cm³/mol. The number of benzene rings is 2. The summed E-state index contributed by atoms with van der Waals surface area (Å²) in [5, 5.41) is 13.1. The zero-order valence-corrected chi connectivity index (χ0v) is 18.7. The topological polar surface area (TPSA) is 157 Å². The second kappa shape index (κ2) is 12.7. The van der Waals surface area contributed by atoms with E-state index in [9.17, 15) is 19.5 Å². The van der Waals surface area contributed by atoms with Gasteiger partial charge in [-0.1, -0.05) is 30.3 Å². The van der Waals surface area contributed by atoms with E-state index in [-0.39, 0.29) is 12.2 Å². The third-order valence-electron chi connectivity index (χ3n) is 4.77. The number of amides is 1. The number of hydrazine groups is 1. The molecule has 0 spiro atoms. The molecule has 0 unspecified atom stereocenters. The number of nitrogens with one attached hydrogen (secondary N) is 1. The highest BCUT2D eigenvalue weighted by Gasteiger charge is 2.31. The highest BCUT2D eigenvalue weighted by atomic mass is 16.5. The molecule has 1 atom stereocenters. The van der Waals surface area contributed by atoms with Gasteiger partial charge in [-0.05, 0) is 35.9 Å². The first kappa shape index (κ1) is 25.1. The van der Waals surface area contributed by atoms with Crippen LogP contribution in [-0.2, 0) is 20.9 Å². The van der Waals surface area contributed by atoms with E-state index < -0.39 is 30.3 Å². The lowest BCUT2D eigenvalue weighted by Gasteiger charge is -2.20. The summed E-state index contributed by atoms with van der Waals surface area (Å²) in [7, 11) is 0. The number of carbonyl (C=O) groups is 3. The molecule has 35 heavy (non-hydrogen) atoms. The van der Waals surface area contributed by atoms with Crippen molar-refractivity contribution < 1.29 is 29.0 Å². The first-order chi connectivity index (χ1) is 16.9. The van der Waals surface area contributed by atoms with Gasteiger partial charge in [-0.2, -0.15) is 0 Å². The standard InChI is InChI=1S/C24H25N5O6/c25-29(15-20(22(31)32)23(33)35-16-17-5-2-1-3-6-17)21(30)18-7-9-19(10-8-18)34-14-13-28-24-26-11-4-12-27-24/h1-12,20H,13-16,25H2,(H,31,32)(H,26,27,28)/t20-/m0/s1. The Balaban J connectivity index is 1.48. The van der Waals surface area contributed by atoms with Crippen LogP contribution in [0.4, 0.5) is 5.95 Å². The minimum absolute atomic E-state index is 0.0860. The molecule has 0 saturated carbocycles. The molecule has 0 aliphatic carbocycles. The average molecular weight is 479 g/mol. The predicted octanol–water partition coefficient (Wildman–Crippen LogP) is 1.73. The summed E-state index contributed by atoms with van der Waals surface area (Å²) in [6, 6.07) is 16.7. The van der Waals surface area contributed by atoms with Gasteiger partial charge >= 0.3 is 11.9 Å². The number of carbonyl (C=O) groups excluding carboxylic acids is 2. The van der Waals surface area contributed by atoms with Crippen LogP contribution in [0.5, 0.6) is 5.75 Å². The highest BCUT2D eigenvalue weighted by molar-refractivity contribution is 5.97. The first-order valence-electron chi connectivity index (χ1n) is 10.7. The lowest BCUT2D eigenvalue weighted by molar-refractivity contribution is -0.160. The maximum Gasteiger partial charge on any atom is 0.322 e. The van der Waals surface area contributed by atoms with Crippen molar-refractivity contribution in [3.8, 4) is 5.75 Å². The fraction of sp³-hybridized carbons (Fsp3) is 0.208. The molecule has 0 aliphatic rings. The number of nitrogens with two attached hydrogens (primary N) is 1. The van der Waals surface area contributed by atoms with E-state index in [2.05, 4.69) is 15.3 Å². The molecule has 3 rings (SSSR count). The van der Waals surface area contributed by atoms with Crippen LogP contribution in [-0.4, -0.2) is 57.6 Å². The summed E-state index contributed by atoms with van der Waals surface area (Å²) in [6.45, 7) is 0.169. The van der Waals surface area contributed by atoms with Crippen LogP contribution in [0.25, 0.3) is 0 Å². The summed E-state index contributed by atoms with van der Waals surface area (Å²) in [4.78, 5) is 44.6. The van der Waals surface area contributed by atoms with Crippen LogP contribution >= 0.6 is 0 Å². The highest BCUT2D eigenvalue weighted by Crippen LogP contribution is 2.14. The van der Waals surface area contributed by atoms with Crippen molar-refractivity contribution >= 4 is 23.8 Å². The van der Waals surface area contributed by atoms with E-state index in [1.807, 2.05) is 0 Å². The van der Waals surface area contributed by atoms with E-state index in [0.29, 0.717) is 35.4 Å². The molecule has 0 aliphatic heterocycles. The van der Waals surface area contributed by atoms with Crippen molar-refractivity contribution in [2.24, 2.45) is 11.8 Å². The minimum atomic E-state index is -1.63. The molecule has 1 heterocycles. The summed E-state index contributed by atoms with van der Waals surface area (Å²) in [5.74, 6) is 2.09. The van der Waals surface area contributed by atoms with Gasteiger partial charge in [-0.25, -0.2) is 15.8 Å². The van der Waals surface area contributed by atoms with Crippen LogP contribution in [0.15, 0.2) is 73.1 Å². The third-order valence-corrected chi connectivity index (χ3v) is 4.77. The number of nitrogens with zero attached hydrogens (tertiary/aromatic N) is 3. The van der Waals surface area contributed by atoms with Gasteiger partial charge in [0.05, 0.1) is 13.1 Å². The molecule has 3 aromatic rings. The first-order valence-corrected chi connectivity index (χ1v) is 10.7. The third kappa shape index (κ3) is 7.79. The number of esters is 1. The van der Waals surface area contributed by atoms with E-state index in [0.717, 1.165) is 0 Å². The quantitative estimate of drug-likeness (QED) is 0.0872. The normalized spacial score (nSPS) is 11.2.